The number of ether oxygens (including phenoxy) is 2. The lowest BCUT2D eigenvalue weighted by molar-refractivity contribution is -0.141. The minimum Gasteiger partial charge on any atom is -0.480 e. The summed E-state index contributed by atoms with van der Waals surface area (Å²) < 4.78 is 10.1. The van der Waals surface area contributed by atoms with E-state index in [1.807, 2.05) is 0 Å². The van der Waals surface area contributed by atoms with Crippen LogP contribution in [-0.2, 0) is 14.3 Å². The van der Waals surface area contributed by atoms with Gasteiger partial charge in [-0.1, -0.05) is 5.11 Å². The second-order valence-corrected chi connectivity index (χ2v) is 5.44. The van der Waals surface area contributed by atoms with Crippen molar-refractivity contribution < 1.29 is 24.2 Å². The number of carbonyl (C=O) groups is 2. The number of rotatable bonds is 4. The molecular weight excluding hydrogens is 268 g/mol. The molecular formula is C11H18N4O5. The molecule has 0 aromatic rings. The monoisotopic (exact) mass is 286 g/mol. The van der Waals surface area contributed by atoms with E-state index in [0.717, 1.165) is 0 Å². The third-order valence-corrected chi connectivity index (χ3v) is 2.66. The first-order valence-corrected chi connectivity index (χ1v) is 6.09. The number of amides is 1. The Morgan fingerprint density at radius 2 is 2.15 bits per heavy atom. The summed E-state index contributed by atoms with van der Waals surface area (Å²) in [6.45, 7) is 5.24. The first kappa shape index (κ1) is 16.1. The van der Waals surface area contributed by atoms with Crippen LogP contribution in [0.15, 0.2) is 5.11 Å². The summed E-state index contributed by atoms with van der Waals surface area (Å²) in [5.74, 6) is -1.86. The highest BCUT2D eigenvalue weighted by atomic mass is 16.6. The Hall–Kier alpha value is -1.99. The summed E-state index contributed by atoms with van der Waals surface area (Å²) in [6.07, 6.45) is -0.837. The second-order valence-electron chi connectivity index (χ2n) is 5.44. The molecule has 0 bridgehead atoms. The first-order chi connectivity index (χ1) is 9.24. The lowest BCUT2D eigenvalue weighted by Crippen LogP contribution is -2.50. The average molecular weight is 286 g/mol. The molecule has 0 aliphatic carbocycles. The van der Waals surface area contributed by atoms with Crippen molar-refractivity contribution in [3.8, 4) is 0 Å². The molecule has 1 aliphatic heterocycles. The van der Waals surface area contributed by atoms with Crippen molar-refractivity contribution >= 4 is 12.1 Å². The molecule has 0 aromatic carbocycles. The topological polar surface area (TPSA) is 134 Å². The third kappa shape index (κ3) is 4.60. The molecule has 0 aromatic heterocycles. The number of azide groups is 1. The Labute approximate surface area is 115 Å². The zero-order valence-electron chi connectivity index (χ0n) is 11.6. The van der Waals surface area contributed by atoms with Gasteiger partial charge in [0, 0.05) is 10.8 Å². The van der Waals surface area contributed by atoms with Crippen molar-refractivity contribution in [3.05, 3.63) is 10.4 Å². The second kappa shape index (κ2) is 6.44. The number of aliphatic carboxylic acids is 1. The molecule has 3 atom stereocenters. The van der Waals surface area contributed by atoms with Crippen molar-refractivity contribution in [2.24, 2.45) is 11.0 Å². The molecule has 1 rings (SSSR count). The fourth-order valence-corrected chi connectivity index (χ4v) is 1.85. The van der Waals surface area contributed by atoms with Gasteiger partial charge in [-0.05, 0) is 26.3 Å². The molecule has 20 heavy (non-hydrogen) atoms. The van der Waals surface area contributed by atoms with E-state index < -0.39 is 35.7 Å². The highest BCUT2D eigenvalue weighted by Crippen LogP contribution is 2.22. The Balaban J connectivity index is 2.77. The maximum atomic E-state index is 11.7. The Bertz CT molecular complexity index is 427. The van der Waals surface area contributed by atoms with Crippen molar-refractivity contribution in [3.63, 3.8) is 0 Å². The summed E-state index contributed by atoms with van der Waals surface area (Å²) >= 11 is 0. The van der Waals surface area contributed by atoms with Gasteiger partial charge in [0.2, 0.25) is 0 Å². The number of nitrogens with one attached hydrogen (secondary N) is 1. The highest BCUT2D eigenvalue weighted by molar-refractivity contribution is 5.80. The quantitative estimate of drug-likeness (QED) is 0.456. The molecule has 0 saturated carbocycles. The number of carboxylic acid groups (broad SMARTS) is 1. The van der Waals surface area contributed by atoms with E-state index in [0.29, 0.717) is 0 Å². The summed E-state index contributed by atoms with van der Waals surface area (Å²) in [5.41, 5.74) is 7.71. The molecule has 1 saturated heterocycles. The highest BCUT2D eigenvalue weighted by Gasteiger charge is 2.39. The van der Waals surface area contributed by atoms with E-state index in [-0.39, 0.29) is 13.2 Å². The molecule has 112 valence electrons. The fraction of sp³-hybridized carbons (Fsp3) is 0.818. The number of carbonyl (C=O) groups excluding carboxylic acids is 1. The fourth-order valence-electron chi connectivity index (χ4n) is 1.85. The van der Waals surface area contributed by atoms with Crippen molar-refractivity contribution in [2.75, 3.05) is 13.2 Å². The Kier molecular flexibility index (Phi) is 5.18. The van der Waals surface area contributed by atoms with Crippen molar-refractivity contribution in [2.45, 2.75) is 38.5 Å². The van der Waals surface area contributed by atoms with Gasteiger partial charge in [0.15, 0.2) is 0 Å². The molecule has 0 radical (unpaired) electrons. The van der Waals surface area contributed by atoms with E-state index in [4.69, 9.17) is 15.0 Å². The molecule has 1 aliphatic rings. The number of alkyl carbamates (subject to hydrolysis) is 1. The van der Waals surface area contributed by atoms with Gasteiger partial charge in [0.25, 0.3) is 0 Å². The SMILES string of the molecule is CC(C)(C)OC(=O)NC(C(=O)O)[C@H]1COC[C@@H]1N=[N+]=[N-]. The van der Waals surface area contributed by atoms with E-state index >= 15 is 0 Å². The minimum atomic E-state index is -1.23. The summed E-state index contributed by atoms with van der Waals surface area (Å²) in [7, 11) is 0. The van der Waals surface area contributed by atoms with Gasteiger partial charge in [-0.25, -0.2) is 9.59 Å². The molecule has 1 amide bonds. The van der Waals surface area contributed by atoms with Crippen LogP contribution in [0, 0.1) is 5.92 Å². The van der Waals surface area contributed by atoms with Crippen LogP contribution in [0.4, 0.5) is 4.79 Å². The van der Waals surface area contributed by atoms with Gasteiger partial charge in [-0.15, -0.1) is 0 Å². The molecule has 9 heteroatoms. The van der Waals surface area contributed by atoms with Crippen LogP contribution in [0.5, 0.6) is 0 Å². The smallest absolute Gasteiger partial charge is 0.408 e. The van der Waals surface area contributed by atoms with Crippen LogP contribution in [0.1, 0.15) is 20.8 Å². The van der Waals surface area contributed by atoms with Crippen molar-refractivity contribution in [1.29, 1.82) is 0 Å². The lowest BCUT2D eigenvalue weighted by Gasteiger charge is -2.25. The third-order valence-electron chi connectivity index (χ3n) is 2.66. The number of carboxylic acids is 1. The van der Waals surface area contributed by atoms with E-state index in [9.17, 15) is 14.7 Å². The van der Waals surface area contributed by atoms with Gasteiger partial charge in [-0.2, -0.15) is 0 Å². The van der Waals surface area contributed by atoms with E-state index in [1.54, 1.807) is 20.8 Å². The Morgan fingerprint density at radius 3 is 2.65 bits per heavy atom. The Morgan fingerprint density at radius 1 is 1.50 bits per heavy atom. The maximum Gasteiger partial charge on any atom is 0.408 e. The van der Waals surface area contributed by atoms with Crippen LogP contribution in [0.25, 0.3) is 10.4 Å². The minimum absolute atomic E-state index is 0.0937. The first-order valence-electron chi connectivity index (χ1n) is 6.09. The van der Waals surface area contributed by atoms with E-state index in [1.165, 1.54) is 0 Å². The largest absolute Gasteiger partial charge is 0.480 e. The van der Waals surface area contributed by atoms with Crippen LogP contribution >= 0.6 is 0 Å². The lowest BCUT2D eigenvalue weighted by atomic mass is 9.95. The number of hydrogen-bond donors (Lipinski definition) is 2. The van der Waals surface area contributed by atoms with Gasteiger partial charge >= 0.3 is 12.1 Å². The maximum absolute atomic E-state index is 11.7. The van der Waals surface area contributed by atoms with Gasteiger partial charge in [-0.3, -0.25) is 0 Å². The van der Waals surface area contributed by atoms with Crippen molar-refractivity contribution in [1.82, 2.24) is 5.32 Å². The van der Waals surface area contributed by atoms with Crippen LogP contribution in [-0.4, -0.2) is 48.1 Å². The van der Waals surface area contributed by atoms with Crippen LogP contribution < -0.4 is 5.32 Å². The molecule has 1 heterocycles. The molecule has 9 nitrogen and oxygen atoms in total. The average Bonchev–Trinajstić information content (AvgIpc) is 2.71. The predicted molar refractivity (Wildman–Crippen MR) is 68.0 cm³/mol. The van der Waals surface area contributed by atoms with Gasteiger partial charge in [0.1, 0.15) is 11.6 Å². The summed E-state index contributed by atoms with van der Waals surface area (Å²) in [5, 5.41) is 15.0. The van der Waals surface area contributed by atoms with Crippen LogP contribution in [0.3, 0.4) is 0 Å². The van der Waals surface area contributed by atoms with Gasteiger partial charge < -0.3 is 19.9 Å². The predicted octanol–water partition coefficient (Wildman–Crippen LogP) is 1.29. The normalized spacial score (nSPS) is 23.6. The molecule has 1 fully saturated rings. The van der Waals surface area contributed by atoms with Gasteiger partial charge in [0.05, 0.1) is 19.3 Å². The zero-order valence-corrected chi connectivity index (χ0v) is 11.6. The molecule has 1 unspecified atom stereocenters. The standard InChI is InChI=1S/C11H18N4O5/c1-11(2,3)20-10(18)13-8(9(16)17)6-4-19-5-7(6)14-15-12/h6-8H,4-5H2,1-3H3,(H,13,18)(H,16,17)/t6-,7-,8?/m0/s1. The van der Waals surface area contributed by atoms with Crippen LogP contribution in [0.2, 0.25) is 0 Å². The number of hydrogen-bond acceptors (Lipinski definition) is 5. The molecule has 2 N–H and O–H groups in total. The number of nitrogens with zero attached hydrogens (tertiary/aromatic N) is 3. The summed E-state index contributed by atoms with van der Waals surface area (Å²) in [4.78, 5) is 25.6. The molecule has 0 spiro atoms. The summed E-state index contributed by atoms with van der Waals surface area (Å²) in [6, 6.07) is -1.86. The van der Waals surface area contributed by atoms with E-state index in [2.05, 4.69) is 15.3 Å². The zero-order chi connectivity index (χ0) is 15.3.